The minimum Gasteiger partial charge on any atom is -0.310 e. The molecule has 0 saturated carbocycles. The van der Waals surface area contributed by atoms with E-state index >= 15 is 0 Å². The van der Waals surface area contributed by atoms with Crippen LogP contribution in [0.25, 0.3) is 5.57 Å². The highest BCUT2D eigenvalue weighted by Crippen LogP contribution is 2.49. The molecule has 1 atom stereocenters. The molecule has 0 amide bonds. The molecular formula is C28H24ClN. The minimum atomic E-state index is -0.110. The molecule has 1 nitrogen and oxygen atoms in total. The third kappa shape index (κ3) is 3.11. The molecule has 0 unspecified atom stereocenters. The predicted octanol–water partition coefficient (Wildman–Crippen LogP) is 7.71. The van der Waals surface area contributed by atoms with E-state index in [9.17, 15) is 0 Å². The van der Waals surface area contributed by atoms with Gasteiger partial charge in [-0.3, -0.25) is 0 Å². The third-order valence-electron chi connectivity index (χ3n) is 5.94. The van der Waals surface area contributed by atoms with Gasteiger partial charge >= 0.3 is 0 Å². The molecule has 3 aromatic rings. The average Bonchev–Trinajstić information content (AvgIpc) is 2.75. The van der Waals surface area contributed by atoms with E-state index in [-0.39, 0.29) is 5.38 Å². The Balaban J connectivity index is 1.82. The Morgan fingerprint density at radius 2 is 1.40 bits per heavy atom. The van der Waals surface area contributed by atoms with Crippen LogP contribution in [0.5, 0.6) is 0 Å². The van der Waals surface area contributed by atoms with Crippen molar-refractivity contribution in [3.8, 4) is 0 Å². The summed E-state index contributed by atoms with van der Waals surface area (Å²) >= 11 is 6.71. The van der Waals surface area contributed by atoms with Crippen LogP contribution in [0.2, 0.25) is 0 Å². The standard InChI is InChI=1S/C28H24ClN/c1-18-8-12-21(13-9-18)28-23-6-4-5-7-26(23)30(22-14-10-19(2)11-15-22)27-17-25(29)20(3)16-24(27)28/h4-17,25H,1-3H3/t25-/m1/s1. The number of para-hydroxylation sites is 1. The van der Waals surface area contributed by atoms with E-state index in [0.29, 0.717) is 0 Å². The molecular weight excluding hydrogens is 386 g/mol. The van der Waals surface area contributed by atoms with Crippen molar-refractivity contribution in [3.05, 3.63) is 124 Å². The number of alkyl halides is 1. The largest absolute Gasteiger partial charge is 0.310 e. The van der Waals surface area contributed by atoms with Crippen molar-refractivity contribution in [2.45, 2.75) is 26.1 Å². The fourth-order valence-electron chi connectivity index (χ4n) is 4.29. The van der Waals surface area contributed by atoms with Gasteiger partial charge in [0.15, 0.2) is 0 Å². The van der Waals surface area contributed by atoms with Gasteiger partial charge in [0.25, 0.3) is 0 Å². The zero-order chi connectivity index (χ0) is 20.8. The predicted molar refractivity (Wildman–Crippen MR) is 128 cm³/mol. The van der Waals surface area contributed by atoms with E-state index in [2.05, 4.69) is 111 Å². The highest BCUT2D eigenvalue weighted by Gasteiger charge is 2.32. The van der Waals surface area contributed by atoms with Gasteiger partial charge in [-0.15, -0.1) is 11.6 Å². The SMILES string of the molecule is CC1=CC2=C(c3ccc(C)cc3)c3ccccc3N(c3ccc(C)cc3)C2=C[C@H]1Cl. The monoisotopic (exact) mass is 409 g/mol. The number of hydrogen-bond donors (Lipinski definition) is 0. The number of hydrogen-bond acceptors (Lipinski definition) is 1. The molecule has 0 saturated heterocycles. The van der Waals surface area contributed by atoms with Crippen LogP contribution in [0.15, 0.2) is 102 Å². The number of rotatable bonds is 2. The summed E-state index contributed by atoms with van der Waals surface area (Å²) in [7, 11) is 0. The second kappa shape index (κ2) is 7.34. The first-order chi connectivity index (χ1) is 14.5. The number of benzene rings is 3. The maximum absolute atomic E-state index is 6.71. The Bertz CT molecular complexity index is 1210. The topological polar surface area (TPSA) is 3.24 Å². The maximum atomic E-state index is 6.71. The molecule has 0 aromatic heterocycles. The highest BCUT2D eigenvalue weighted by atomic mass is 35.5. The Morgan fingerprint density at radius 3 is 2.10 bits per heavy atom. The Morgan fingerprint density at radius 1 is 0.767 bits per heavy atom. The molecule has 0 fully saturated rings. The van der Waals surface area contributed by atoms with Crippen LogP contribution in [0, 0.1) is 13.8 Å². The van der Waals surface area contributed by atoms with Gasteiger partial charge in [-0.2, -0.15) is 0 Å². The summed E-state index contributed by atoms with van der Waals surface area (Å²) in [4.78, 5) is 2.35. The molecule has 30 heavy (non-hydrogen) atoms. The van der Waals surface area contributed by atoms with E-state index in [1.807, 2.05) is 0 Å². The summed E-state index contributed by atoms with van der Waals surface area (Å²) in [5.74, 6) is 0. The number of allylic oxidation sites excluding steroid dienone is 3. The van der Waals surface area contributed by atoms with Crippen molar-refractivity contribution in [1.29, 1.82) is 0 Å². The van der Waals surface area contributed by atoms with E-state index in [4.69, 9.17) is 11.6 Å². The van der Waals surface area contributed by atoms with Crippen LogP contribution < -0.4 is 4.90 Å². The van der Waals surface area contributed by atoms with E-state index in [1.54, 1.807) is 0 Å². The van der Waals surface area contributed by atoms with Crippen molar-refractivity contribution in [3.63, 3.8) is 0 Å². The van der Waals surface area contributed by atoms with Gasteiger partial charge in [0.1, 0.15) is 0 Å². The molecule has 2 aliphatic rings. The van der Waals surface area contributed by atoms with Gasteiger partial charge in [-0.25, -0.2) is 0 Å². The van der Waals surface area contributed by atoms with Gasteiger partial charge in [0, 0.05) is 22.4 Å². The van der Waals surface area contributed by atoms with Crippen molar-refractivity contribution in [1.82, 2.24) is 0 Å². The summed E-state index contributed by atoms with van der Waals surface area (Å²) in [6, 6.07) is 26.2. The Labute approximate surface area is 183 Å². The first-order valence-corrected chi connectivity index (χ1v) is 10.8. The summed E-state index contributed by atoms with van der Waals surface area (Å²) < 4.78 is 0. The van der Waals surface area contributed by atoms with Gasteiger partial charge in [0.05, 0.1) is 16.8 Å². The van der Waals surface area contributed by atoms with Crippen molar-refractivity contribution >= 4 is 28.5 Å². The maximum Gasteiger partial charge on any atom is 0.0750 e. The fourth-order valence-corrected chi connectivity index (χ4v) is 4.48. The molecule has 1 heterocycles. The van der Waals surface area contributed by atoms with Crippen LogP contribution in [-0.4, -0.2) is 5.38 Å². The van der Waals surface area contributed by atoms with Gasteiger partial charge in [-0.1, -0.05) is 77.4 Å². The molecule has 1 aliphatic heterocycles. The zero-order valence-corrected chi connectivity index (χ0v) is 18.2. The second-order valence-corrected chi connectivity index (χ2v) is 8.66. The molecule has 148 valence electrons. The van der Waals surface area contributed by atoms with Crippen LogP contribution >= 0.6 is 11.6 Å². The molecule has 1 aliphatic carbocycles. The third-order valence-corrected chi connectivity index (χ3v) is 6.41. The zero-order valence-electron chi connectivity index (χ0n) is 17.5. The number of fused-ring (bicyclic) bond motifs is 2. The molecule has 0 bridgehead atoms. The van der Waals surface area contributed by atoms with Crippen molar-refractivity contribution in [2.75, 3.05) is 4.90 Å². The van der Waals surface area contributed by atoms with E-state index in [1.165, 1.54) is 44.7 Å². The van der Waals surface area contributed by atoms with Crippen molar-refractivity contribution in [2.24, 2.45) is 0 Å². The summed E-state index contributed by atoms with van der Waals surface area (Å²) in [6.45, 7) is 6.36. The fraction of sp³-hybridized carbons (Fsp3) is 0.143. The quantitative estimate of drug-likeness (QED) is 0.392. The minimum absolute atomic E-state index is 0.110. The number of aryl methyl sites for hydroxylation is 2. The lowest BCUT2D eigenvalue weighted by Gasteiger charge is -2.38. The molecule has 5 rings (SSSR count). The molecule has 3 aromatic carbocycles. The normalized spacial score (nSPS) is 17.9. The first kappa shape index (κ1) is 19.0. The van der Waals surface area contributed by atoms with Gasteiger partial charge < -0.3 is 4.90 Å². The molecule has 2 heteroatoms. The number of nitrogens with zero attached hydrogens (tertiary/aromatic N) is 1. The van der Waals surface area contributed by atoms with Crippen molar-refractivity contribution < 1.29 is 0 Å². The average molecular weight is 410 g/mol. The summed E-state index contributed by atoms with van der Waals surface area (Å²) in [6.07, 6.45) is 4.45. The smallest absolute Gasteiger partial charge is 0.0750 e. The summed E-state index contributed by atoms with van der Waals surface area (Å²) in [5, 5.41) is -0.110. The van der Waals surface area contributed by atoms with Crippen LogP contribution in [0.1, 0.15) is 29.2 Å². The lowest BCUT2D eigenvalue weighted by molar-refractivity contribution is 1.07. The van der Waals surface area contributed by atoms with Gasteiger partial charge in [-0.05, 0) is 50.6 Å². The van der Waals surface area contributed by atoms with Crippen LogP contribution in [-0.2, 0) is 0 Å². The Kier molecular flexibility index (Phi) is 4.64. The highest BCUT2D eigenvalue weighted by molar-refractivity contribution is 6.24. The van der Waals surface area contributed by atoms with E-state index in [0.717, 1.165) is 11.4 Å². The van der Waals surface area contributed by atoms with E-state index < -0.39 is 0 Å². The first-order valence-electron chi connectivity index (χ1n) is 10.3. The number of anilines is 2. The summed E-state index contributed by atoms with van der Waals surface area (Å²) in [5.41, 5.74) is 12.1. The van der Waals surface area contributed by atoms with Crippen LogP contribution in [0.4, 0.5) is 11.4 Å². The van der Waals surface area contributed by atoms with Gasteiger partial charge in [0.2, 0.25) is 0 Å². The lowest BCUT2D eigenvalue weighted by atomic mass is 9.83. The lowest BCUT2D eigenvalue weighted by Crippen LogP contribution is -2.26. The molecule has 0 spiro atoms. The number of halogens is 1. The second-order valence-electron chi connectivity index (χ2n) is 8.18. The Hall–Kier alpha value is -3.03. The van der Waals surface area contributed by atoms with Crippen LogP contribution in [0.3, 0.4) is 0 Å². The molecule has 0 N–H and O–H groups in total. The molecule has 0 radical (unpaired) electrons.